The Morgan fingerprint density at radius 2 is 1.69 bits per heavy atom. The fourth-order valence-corrected chi connectivity index (χ4v) is 5.12. The van der Waals surface area contributed by atoms with E-state index in [-0.39, 0.29) is 17.9 Å². The zero-order chi connectivity index (χ0) is 21.7. The maximum absolute atomic E-state index is 13.8. The van der Waals surface area contributed by atoms with Crippen molar-refractivity contribution in [2.75, 3.05) is 11.9 Å². The molecule has 0 unspecified atom stereocenters. The van der Waals surface area contributed by atoms with Crippen LogP contribution in [0, 0.1) is 0 Å². The number of rotatable bonds is 2. The van der Waals surface area contributed by atoms with Gasteiger partial charge in [0.05, 0.1) is 29.4 Å². The normalized spacial score (nSPS) is 19.1. The number of fused-ring (bicyclic) bond motifs is 5. The number of benzene rings is 3. The van der Waals surface area contributed by atoms with Crippen molar-refractivity contribution in [2.24, 2.45) is 0 Å². The number of carbonyl (C=O) groups is 2. The molecule has 0 spiro atoms. The standard InChI is InChI=1S/C27H21N3O2/c31-26(29-19-15-18-8-2-6-12-23(18)28-16-19)24-21-10-4-5-11-22(21)27(32)30-14-13-17-7-1-3-9-20(17)25(24)30/h1-12,15-16,24-25H,13-14H2,(H,29,31)/t24-,25+/m0/s1. The van der Waals surface area contributed by atoms with E-state index in [1.807, 2.05) is 77.7 Å². The largest absolute Gasteiger partial charge is 0.330 e. The van der Waals surface area contributed by atoms with E-state index in [0.29, 0.717) is 17.8 Å². The summed E-state index contributed by atoms with van der Waals surface area (Å²) in [5, 5.41) is 4.05. The molecule has 156 valence electrons. The quantitative estimate of drug-likeness (QED) is 0.512. The van der Waals surface area contributed by atoms with Crippen LogP contribution in [-0.4, -0.2) is 28.2 Å². The van der Waals surface area contributed by atoms with Gasteiger partial charge in [0.2, 0.25) is 5.91 Å². The Morgan fingerprint density at radius 3 is 2.59 bits per heavy atom. The molecular formula is C27H21N3O2. The van der Waals surface area contributed by atoms with Crippen molar-refractivity contribution < 1.29 is 9.59 Å². The molecule has 3 heterocycles. The molecule has 2 aliphatic heterocycles. The third kappa shape index (κ3) is 2.89. The molecule has 0 fully saturated rings. The summed E-state index contributed by atoms with van der Waals surface area (Å²) in [7, 11) is 0. The zero-order valence-corrected chi connectivity index (χ0v) is 17.4. The number of aromatic nitrogens is 1. The first-order valence-electron chi connectivity index (χ1n) is 10.8. The average Bonchev–Trinajstić information content (AvgIpc) is 2.84. The molecule has 1 aromatic heterocycles. The minimum absolute atomic E-state index is 0.00322. The van der Waals surface area contributed by atoms with Crippen LogP contribution in [0.1, 0.15) is 39.0 Å². The summed E-state index contributed by atoms with van der Waals surface area (Å²) in [6, 6.07) is 25.1. The Labute approximate surface area is 185 Å². The molecule has 6 rings (SSSR count). The highest BCUT2D eigenvalue weighted by molar-refractivity contribution is 6.05. The summed E-state index contributed by atoms with van der Waals surface area (Å²) in [4.78, 5) is 33.4. The van der Waals surface area contributed by atoms with Gasteiger partial charge in [-0.3, -0.25) is 14.6 Å². The summed E-state index contributed by atoms with van der Waals surface area (Å²) < 4.78 is 0. The van der Waals surface area contributed by atoms with Crippen LogP contribution in [0.3, 0.4) is 0 Å². The highest BCUT2D eigenvalue weighted by atomic mass is 16.2. The van der Waals surface area contributed by atoms with Crippen molar-refractivity contribution in [3.8, 4) is 0 Å². The van der Waals surface area contributed by atoms with Crippen molar-refractivity contribution in [1.29, 1.82) is 0 Å². The summed E-state index contributed by atoms with van der Waals surface area (Å²) >= 11 is 0. The van der Waals surface area contributed by atoms with Gasteiger partial charge in [0.25, 0.3) is 5.91 Å². The molecule has 0 saturated heterocycles. The Bertz CT molecular complexity index is 1380. The molecule has 0 bridgehead atoms. The number of carbonyl (C=O) groups excluding carboxylic acids is 2. The van der Waals surface area contributed by atoms with Crippen LogP contribution in [0.15, 0.2) is 85.1 Å². The van der Waals surface area contributed by atoms with E-state index in [1.54, 1.807) is 6.20 Å². The SMILES string of the molecule is O=C(Nc1cnc2ccccc2c1)[C@H]1c2ccccc2C(=O)N2CCc3ccccc3[C@H]12. The first kappa shape index (κ1) is 18.8. The van der Waals surface area contributed by atoms with Gasteiger partial charge in [0, 0.05) is 17.5 Å². The lowest BCUT2D eigenvalue weighted by atomic mass is 9.76. The fourth-order valence-electron chi connectivity index (χ4n) is 5.12. The molecule has 4 aromatic rings. The van der Waals surface area contributed by atoms with E-state index >= 15 is 0 Å². The molecule has 0 saturated carbocycles. The van der Waals surface area contributed by atoms with Crippen molar-refractivity contribution in [3.63, 3.8) is 0 Å². The second-order valence-corrected chi connectivity index (χ2v) is 8.36. The number of pyridine rings is 1. The summed E-state index contributed by atoms with van der Waals surface area (Å²) in [6.07, 6.45) is 2.48. The number of nitrogens with zero attached hydrogens (tertiary/aromatic N) is 2. The zero-order valence-electron chi connectivity index (χ0n) is 17.4. The van der Waals surface area contributed by atoms with Crippen LogP contribution in [-0.2, 0) is 11.2 Å². The molecule has 2 atom stereocenters. The fraction of sp³-hybridized carbons (Fsp3) is 0.148. The van der Waals surface area contributed by atoms with E-state index in [0.717, 1.165) is 28.5 Å². The van der Waals surface area contributed by atoms with Crippen molar-refractivity contribution in [3.05, 3.63) is 107 Å². The first-order chi connectivity index (χ1) is 15.7. The second kappa shape index (κ2) is 7.31. The van der Waals surface area contributed by atoms with Gasteiger partial charge in [-0.15, -0.1) is 0 Å². The molecule has 5 nitrogen and oxygen atoms in total. The third-order valence-corrected chi connectivity index (χ3v) is 6.57. The monoisotopic (exact) mass is 419 g/mol. The summed E-state index contributed by atoms with van der Waals surface area (Å²) in [6.45, 7) is 0.607. The summed E-state index contributed by atoms with van der Waals surface area (Å²) in [5.41, 5.74) is 5.18. The van der Waals surface area contributed by atoms with Gasteiger partial charge in [-0.05, 0) is 41.3 Å². The van der Waals surface area contributed by atoms with Crippen LogP contribution in [0.25, 0.3) is 10.9 Å². The van der Waals surface area contributed by atoms with Crippen LogP contribution < -0.4 is 5.32 Å². The maximum atomic E-state index is 13.8. The lowest BCUT2D eigenvalue weighted by Crippen LogP contribution is -2.49. The lowest BCUT2D eigenvalue weighted by molar-refractivity contribution is -0.119. The second-order valence-electron chi connectivity index (χ2n) is 8.36. The van der Waals surface area contributed by atoms with Crippen LogP contribution >= 0.6 is 0 Å². The van der Waals surface area contributed by atoms with Gasteiger partial charge < -0.3 is 10.2 Å². The Hall–Kier alpha value is -3.99. The number of hydrogen-bond donors (Lipinski definition) is 1. The molecule has 1 N–H and O–H groups in total. The smallest absolute Gasteiger partial charge is 0.254 e. The minimum Gasteiger partial charge on any atom is -0.330 e. The van der Waals surface area contributed by atoms with Gasteiger partial charge >= 0.3 is 0 Å². The number of anilines is 1. The first-order valence-corrected chi connectivity index (χ1v) is 10.8. The van der Waals surface area contributed by atoms with E-state index in [4.69, 9.17) is 0 Å². The van der Waals surface area contributed by atoms with E-state index in [2.05, 4.69) is 16.4 Å². The van der Waals surface area contributed by atoms with Crippen molar-refractivity contribution >= 4 is 28.4 Å². The molecule has 32 heavy (non-hydrogen) atoms. The number of amides is 2. The highest BCUT2D eigenvalue weighted by Crippen LogP contribution is 2.46. The molecule has 0 radical (unpaired) electrons. The van der Waals surface area contributed by atoms with Gasteiger partial charge in [0.15, 0.2) is 0 Å². The topological polar surface area (TPSA) is 62.3 Å². The van der Waals surface area contributed by atoms with Gasteiger partial charge in [-0.25, -0.2) is 0 Å². The van der Waals surface area contributed by atoms with Gasteiger partial charge in [-0.2, -0.15) is 0 Å². The molecular weight excluding hydrogens is 398 g/mol. The van der Waals surface area contributed by atoms with Crippen LogP contribution in [0.2, 0.25) is 0 Å². The summed E-state index contributed by atoms with van der Waals surface area (Å²) in [5.74, 6) is -0.637. The maximum Gasteiger partial charge on any atom is 0.254 e. The number of nitrogens with one attached hydrogen (secondary N) is 1. The van der Waals surface area contributed by atoms with E-state index < -0.39 is 5.92 Å². The van der Waals surface area contributed by atoms with Crippen LogP contribution in [0.5, 0.6) is 0 Å². The molecule has 5 heteroatoms. The predicted octanol–water partition coefficient (Wildman–Crippen LogP) is 4.71. The van der Waals surface area contributed by atoms with E-state index in [9.17, 15) is 9.59 Å². The number of para-hydroxylation sites is 1. The van der Waals surface area contributed by atoms with Crippen molar-refractivity contribution in [1.82, 2.24) is 9.88 Å². The molecule has 2 amide bonds. The Balaban J connectivity index is 1.45. The lowest BCUT2D eigenvalue weighted by Gasteiger charge is -2.45. The van der Waals surface area contributed by atoms with Gasteiger partial charge in [-0.1, -0.05) is 60.7 Å². The molecule has 0 aliphatic carbocycles. The average molecular weight is 419 g/mol. The third-order valence-electron chi connectivity index (χ3n) is 6.57. The minimum atomic E-state index is -0.503. The molecule has 2 aliphatic rings. The van der Waals surface area contributed by atoms with E-state index in [1.165, 1.54) is 5.56 Å². The Morgan fingerprint density at radius 1 is 0.938 bits per heavy atom. The highest BCUT2D eigenvalue weighted by Gasteiger charge is 2.46. The number of hydrogen-bond acceptors (Lipinski definition) is 3. The Kier molecular flexibility index (Phi) is 4.28. The van der Waals surface area contributed by atoms with Crippen molar-refractivity contribution in [2.45, 2.75) is 18.4 Å². The van der Waals surface area contributed by atoms with Crippen LogP contribution in [0.4, 0.5) is 5.69 Å². The van der Waals surface area contributed by atoms with Gasteiger partial charge in [0.1, 0.15) is 0 Å². The predicted molar refractivity (Wildman–Crippen MR) is 123 cm³/mol. The molecule has 3 aromatic carbocycles.